The van der Waals surface area contributed by atoms with Crippen molar-refractivity contribution < 1.29 is 4.74 Å². The van der Waals surface area contributed by atoms with Crippen LogP contribution < -0.4 is 5.32 Å². The molecule has 2 fully saturated rings. The maximum Gasteiger partial charge on any atom is 0.0506 e. The van der Waals surface area contributed by atoms with Gasteiger partial charge in [0.25, 0.3) is 0 Å². The van der Waals surface area contributed by atoms with Crippen molar-refractivity contribution >= 4 is 0 Å². The third-order valence-electron chi connectivity index (χ3n) is 4.85. The molecule has 1 saturated heterocycles. The van der Waals surface area contributed by atoms with Gasteiger partial charge in [-0.25, -0.2) is 0 Å². The predicted octanol–water partition coefficient (Wildman–Crippen LogP) is 3.22. The van der Waals surface area contributed by atoms with E-state index in [1.165, 1.54) is 45.1 Å². The second-order valence-corrected chi connectivity index (χ2v) is 6.15. The minimum absolute atomic E-state index is 0.690. The fraction of sp³-hybridized carbons (Fsp3) is 1.00. The summed E-state index contributed by atoms with van der Waals surface area (Å²) in [5.41, 5.74) is 0. The van der Waals surface area contributed by atoms with Crippen molar-refractivity contribution in [1.82, 2.24) is 5.32 Å². The molecule has 0 aromatic carbocycles. The zero-order chi connectivity index (χ0) is 12.1. The van der Waals surface area contributed by atoms with Crippen LogP contribution in [0.2, 0.25) is 0 Å². The largest absolute Gasteiger partial charge is 0.381 e. The fourth-order valence-corrected chi connectivity index (χ4v) is 3.35. The number of hydrogen-bond acceptors (Lipinski definition) is 2. The molecular formula is C15H29NO. The molecular weight excluding hydrogens is 210 g/mol. The first-order chi connectivity index (χ1) is 8.29. The SMILES string of the molecule is CCC1CCC(CNC2CCOCC2C)CC1. The lowest BCUT2D eigenvalue weighted by molar-refractivity contribution is 0.0373. The standard InChI is InChI=1S/C15H29NO/c1-3-13-4-6-14(7-5-13)10-16-15-8-9-17-11-12(15)2/h12-16H,3-11H2,1-2H3. The highest BCUT2D eigenvalue weighted by atomic mass is 16.5. The summed E-state index contributed by atoms with van der Waals surface area (Å²) >= 11 is 0. The number of rotatable bonds is 4. The second kappa shape index (κ2) is 6.75. The maximum absolute atomic E-state index is 5.49. The van der Waals surface area contributed by atoms with Gasteiger partial charge in [0.2, 0.25) is 0 Å². The first-order valence-corrected chi connectivity index (χ1v) is 7.60. The van der Waals surface area contributed by atoms with Crippen LogP contribution in [0.15, 0.2) is 0 Å². The lowest BCUT2D eigenvalue weighted by atomic mass is 9.80. The molecule has 1 N–H and O–H groups in total. The Morgan fingerprint density at radius 3 is 2.41 bits per heavy atom. The first-order valence-electron chi connectivity index (χ1n) is 7.60. The van der Waals surface area contributed by atoms with Crippen molar-refractivity contribution in [2.24, 2.45) is 17.8 Å². The Morgan fingerprint density at radius 1 is 1.06 bits per heavy atom. The molecule has 0 radical (unpaired) electrons. The first kappa shape index (κ1) is 13.4. The minimum atomic E-state index is 0.690. The average molecular weight is 239 g/mol. The van der Waals surface area contributed by atoms with Crippen molar-refractivity contribution in [2.45, 2.75) is 58.4 Å². The molecule has 2 rings (SSSR count). The van der Waals surface area contributed by atoms with Crippen molar-refractivity contribution in [3.8, 4) is 0 Å². The number of ether oxygens (including phenoxy) is 1. The molecule has 0 amide bonds. The summed E-state index contributed by atoms with van der Waals surface area (Å²) < 4.78 is 5.49. The van der Waals surface area contributed by atoms with Crippen LogP contribution in [0.5, 0.6) is 0 Å². The normalized spacial score (nSPS) is 39.2. The van der Waals surface area contributed by atoms with E-state index >= 15 is 0 Å². The van der Waals surface area contributed by atoms with Gasteiger partial charge < -0.3 is 10.1 Å². The summed E-state index contributed by atoms with van der Waals surface area (Å²) in [6, 6.07) is 0.702. The molecule has 1 aliphatic heterocycles. The van der Waals surface area contributed by atoms with Crippen molar-refractivity contribution in [3.05, 3.63) is 0 Å². The number of nitrogens with one attached hydrogen (secondary N) is 1. The molecule has 1 saturated carbocycles. The van der Waals surface area contributed by atoms with Crippen LogP contribution in [0, 0.1) is 17.8 Å². The summed E-state index contributed by atoms with van der Waals surface area (Å²) in [5, 5.41) is 3.79. The third kappa shape index (κ3) is 3.96. The Hall–Kier alpha value is -0.0800. The molecule has 2 aliphatic rings. The van der Waals surface area contributed by atoms with Gasteiger partial charge in [-0.1, -0.05) is 33.1 Å². The molecule has 0 spiro atoms. The topological polar surface area (TPSA) is 21.3 Å². The summed E-state index contributed by atoms with van der Waals surface area (Å²) in [6.07, 6.45) is 8.41. The van der Waals surface area contributed by atoms with Crippen molar-refractivity contribution in [1.29, 1.82) is 0 Å². The molecule has 0 aromatic heterocycles. The van der Waals surface area contributed by atoms with Crippen LogP contribution in [0.4, 0.5) is 0 Å². The van der Waals surface area contributed by atoms with E-state index in [1.54, 1.807) is 0 Å². The van der Waals surface area contributed by atoms with Crippen LogP contribution in [-0.4, -0.2) is 25.8 Å². The van der Waals surface area contributed by atoms with Gasteiger partial charge >= 0.3 is 0 Å². The Morgan fingerprint density at radius 2 is 1.76 bits per heavy atom. The molecule has 2 atom stereocenters. The van der Waals surface area contributed by atoms with E-state index in [1.807, 2.05) is 0 Å². The van der Waals surface area contributed by atoms with E-state index in [9.17, 15) is 0 Å². The highest BCUT2D eigenvalue weighted by Crippen LogP contribution is 2.30. The summed E-state index contributed by atoms with van der Waals surface area (Å²) in [6.45, 7) is 7.79. The van der Waals surface area contributed by atoms with Crippen LogP contribution >= 0.6 is 0 Å². The second-order valence-electron chi connectivity index (χ2n) is 6.15. The molecule has 2 unspecified atom stereocenters. The van der Waals surface area contributed by atoms with Crippen LogP contribution in [0.25, 0.3) is 0 Å². The van der Waals surface area contributed by atoms with Crippen molar-refractivity contribution in [3.63, 3.8) is 0 Å². The Labute approximate surface area is 107 Å². The Bertz CT molecular complexity index is 211. The lowest BCUT2D eigenvalue weighted by Crippen LogP contribution is -2.43. The summed E-state index contributed by atoms with van der Waals surface area (Å²) in [4.78, 5) is 0. The molecule has 100 valence electrons. The van der Waals surface area contributed by atoms with Crippen molar-refractivity contribution in [2.75, 3.05) is 19.8 Å². The minimum Gasteiger partial charge on any atom is -0.381 e. The lowest BCUT2D eigenvalue weighted by Gasteiger charge is -2.33. The van der Waals surface area contributed by atoms with Gasteiger partial charge in [0.1, 0.15) is 0 Å². The van der Waals surface area contributed by atoms with Gasteiger partial charge in [-0.3, -0.25) is 0 Å². The smallest absolute Gasteiger partial charge is 0.0506 e. The molecule has 0 bridgehead atoms. The highest BCUT2D eigenvalue weighted by Gasteiger charge is 2.24. The van der Waals surface area contributed by atoms with Gasteiger partial charge in [-0.15, -0.1) is 0 Å². The monoisotopic (exact) mass is 239 g/mol. The van der Waals surface area contributed by atoms with E-state index in [2.05, 4.69) is 19.2 Å². The quantitative estimate of drug-likeness (QED) is 0.813. The molecule has 17 heavy (non-hydrogen) atoms. The van der Waals surface area contributed by atoms with E-state index in [0.717, 1.165) is 25.0 Å². The van der Waals surface area contributed by atoms with Gasteiger partial charge in [-0.05, 0) is 43.6 Å². The van der Waals surface area contributed by atoms with Crippen LogP contribution in [-0.2, 0) is 4.74 Å². The van der Waals surface area contributed by atoms with E-state index in [-0.39, 0.29) is 0 Å². The zero-order valence-electron chi connectivity index (χ0n) is 11.6. The molecule has 2 nitrogen and oxygen atoms in total. The van der Waals surface area contributed by atoms with Crippen LogP contribution in [0.3, 0.4) is 0 Å². The zero-order valence-corrected chi connectivity index (χ0v) is 11.6. The van der Waals surface area contributed by atoms with Gasteiger partial charge in [0.05, 0.1) is 6.61 Å². The van der Waals surface area contributed by atoms with E-state index in [0.29, 0.717) is 12.0 Å². The maximum atomic E-state index is 5.49. The van der Waals surface area contributed by atoms with Gasteiger partial charge in [0.15, 0.2) is 0 Å². The average Bonchev–Trinajstić information content (AvgIpc) is 2.38. The predicted molar refractivity (Wildman–Crippen MR) is 72.1 cm³/mol. The highest BCUT2D eigenvalue weighted by molar-refractivity contribution is 4.80. The van der Waals surface area contributed by atoms with Gasteiger partial charge in [0, 0.05) is 12.6 Å². The third-order valence-corrected chi connectivity index (χ3v) is 4.85. The van der Waals surface area contributed by atoms with Gasteiger partial charge in [-0.2, -0.15) is 0 Å². The fourth-order valence-electron chi connectivity index (χ4n) is 3.35. The van der Waals surface area contributed by atoms with E-state index < -0.39 is 0 Å². The molecule has 1 aliphatic carbocycles. The Balaban J connectivity index is 1.65. The summed E-state index contributed by atoms with van der Waals surface area (Å²) in [7, 11) is 0. The molecule has 1 heterocycles. The number of hydrogen-bond donors (Lipinski definition) is 1. The Kier molecular flexibility index (Phi) is 5.30. The molecule has 2 heteroatoms. The van der Waals surface area contributed by atoms with E-state index in [4.69, 9.17) is 4.74 Å². The molecule has 0 aromatic rings. The van der Waals surface area contributed by atoms with Crippen LogP contribution in [0.1, 0.15) is 52.4 Å². The summed E-state index contributed by atoms with van der Waals surface area (Å²) in [5.74, 6) is 2.65.